The monoisotopic (exact) mass is 397 g/mol. The molecule has 0 radical (unpaired) electrons. The summed E-state index contributed by atoms with van der Waals surface area (Å²) < 4.78 is 59.9. The summed E-state index contributed by atoms with van der Waals surface area (Å²) in [6.07, 6.45) is -5.32. The summed E-state index contributed by atoms with van der Waals surface area (Å²) in [7, 11) is 0. The molecular weight excluding hydrogens is 374 g/mol. The summed E-state index contributed by atoms with van der Waals surface area (Å²) in [6.45, 7) is 7.11. The predicted octanol–water partition coefficient (Wildman–Crippen LogP) is 5.39. The average Bonchev–Trinajstić information content (AvgIpc) is 2.58. The zero-order chi connectivity index (χ0) is 21.2. The molecule has 0 aliphatic rings. The quantitative estimate of drug-likeness (QED) is 0.544. The standard InChI is InChI=1S/C21H23F4NO2/c1-5-28-18(27)10-17(26)15-8-14(9-16(20(15)22)21(23,24)25)19-12(3)7-6-11(2)13(19)4/h6-9,17H,5,10,26H2,1-4H3/t17-/m0/s1. The molecule has 152 valence electrons. The van der Waals surface area contributed by atoms with Gasteiger partial charge >= 0.3 is 12.1 Å². The zero-order valence-corrected chi connectivity index (χ0v) is 16.2. The van der Waals surface area contributed by atoms with Crippen molar-refractivity contribution in [3.8, 4) is 11.1 Å². The van der Waals surface area contributed by atoms with Crippen LogP contribution in [0.25, 0.3) is 11.1 Å². The molecule has 0 amide bonds. The first-order valence-corrected chi connectivity index (χ1v) is 8.86. The highest BCUT2D eigenvalue weighted by molar-refractivity contribution is 5.74. The molecule has 0 heterocycles. The number of nitrogens with two attached hydrogens (primary N) is 1. The van der Waals surface area contributed by atoms with Crippen molar-refractivity contribution in [1.82, 2.24) is 0 Å². The van der Waals surface area contributed by atoms with Gasteiger partial charge in [0.15, 0.2) is 0 Å². The Kier molecular flexibility index (Phi) is 6.49. The Morgan fingerprint density at radius 2 is 1.75 bits per heavy atom. The summed E-state index contributed by atoms with van der Waals surface area (Å²) in [4.78, 5) is 11.7. The van der Waals surface area contributed by atoms with E-state index in [-0.39, 0.29) is 17.7 Å². The second-order valence-electron chi connectivity index (χ2n) is 6.74. The van der Waals surface area contributed by atoms with Crippen LogP contribution in [0.1, 0.15) is 47.2 Å². The molecule has 2 rings (SSSR count). The van der Waals surface area contributed by atoms with Crippen molar-refractivity contribution < 1.29 is 27.1 Å². The number of rotatable bonds is 5. The van der Waals surface area contributed by atoms with Crippen LogP contribution in [0.15, 0.2) is 24.3 Å². The molecule has 0 saturated carbocycles. The van der Waals surface area contributed by atoms with Gasteiger partial charge in [0.1, 0.15) is 5.82 Å². The van der Waals surface area contributed by atoms with Crippen LogP contribution in [0, 0.1) is 26.6 Å². The summed E-state index contributed by atoms with van der Waals surface area (Å²) in [5.41, 5.74) is 7.37. The SMILES string of the molecule is CCOC(=O)C[C@H](N)c1cc(-c2c(C)ccc(C)c2C)cc(C(F)(F)F)c1F. The van der Waals surface area contributed by atoms with Gasteiger partial charge in [0, 0.05) is 11.6 Å². The number of alkyl halides is 3. The number of benzene rings is 2. The van der Waals surface area contributed by atoms with Gasteiger partial charge in [0.05, 0.1) is 18.6 Å². The Morgan fingerprint density at radius 1 is 1.14 bits per heavy atom. The Hall–Kier alpha value is -2.41. The fourth-order valence-corrected chi connectivity index (χ4v) is 3.17. The largest absolute Gasteiger partial charge is 0.466 e. The van der Waals surface area contributed by atoms with Crippen LogP contribution in [-0.4, -0.2) is 12.6 Å². The molecule has 0 unspecified atom stereocenters. The first-order chi connectivity index (χ1) is 13.0. The maximum absolute atomic E-state index is 14.7. The molecular formula is C21H23F4NO2. The van der Waals surface area contributed by atoms with Gasteiger partial charge < -0.3 is 10.5 Å². The number of carbonyl (C=O) groups is 1. The molecule has 3 nitrogen and oxygen atoms in total. The van der Waals surface area contributed by atoms with Crippen molar-refractivity contribution >= 4 is 5.97 Å². The summed E-state index contributed by atoms with van der Waals surface area (Å²) >= 11 is 0. The summed E-state index contributed by atoms with van der Waals surface area (Å²) in [5, 5.41) is 0. The third-order valence-electron chi connectivity index (χ3n) is 4.73. The van der Waals surface area contributed by atoms with Crippen molar-refractivity contribution in [1.29, 1.82) is 0 Å². The Balaban J connectivity index is 2.70. The van der Waals surface area contributed by atoms with E-state index in [1.54, 1.807) is 26.8 Å². The topological polar surface area (TPSA) is 52.3 Å². The van der Waals surface area contributed by atoms with Crippen LogP contribution in [0.5, 0.6) is 0 Å². The van der Waals surface area contributed by atoms with Gasteiger partial charge in [-0.1, -0.05) is 12.1 Å². The van der Waals surface area contributed by atoms with Crippen LogP contribution in [0.4, 0.5) is 17.6 Å². The van der Waals surface area contributed by atoms with Crippen LogP contribution < -0.4 is 5.73 Å². The highest BCUT2D eigenvalue weighted by Gasteiger charge is 2.37. The predicted molar refractivity (Wildman–Crippen MR) is 99.2 cm³/mol. The van der Waals surface area contributed by atoms with Gasteiger partial charge in [-0.3, -0.25) is 4.79 Å². The first kappa shape index (κ1) is 21.9. The van der Waals surface area contributed by atoms with E-state index in [1.165, 1.54) is 6.07 Å². The average molecular weight is 397 g/mol. The van der Waals surface area contributed by atoms with Crippen LogP contribution >= 0.6 is 0 Å². The van der Waals surface area contributed by atoms with E-state index < -0.39 is 36.0 Å². The summed E-state index contributed by atoms with van der Waals surface area (Å²) in [6, 6.07) is 4.50. The normalized spacial score (nSPS) is 12.8. The molecule has 0 fully saturated rings. The lowest BCUT2D eigenvalue weighted by atomic mass is 9.89. The maximum Gasteiger partial charge on any atom is 0.419 e. The fourth-order valence-electron chi connectivity index (χ4n) is 3.17. The first-order valence-electron chi connectivity index (χ1n) is 8.86. The lowest BCUT2D eigenvalue weighted by molar-refractivity contribution is -0.143. The van der Waals surface area contributed by atoms with E-state index in [0.717, 1.165) is 22.8 Å². The third kappa shape index (κ3) is 4.52. The lowest BCUT2D eigenvalue weighted by Gasteiger charge is -2.20. The number of halogens is 4. The minimum atomic E-state index is -4.90. The molecule has 0 aromatic heterocycles. The molecule has 2 aromatic carbocycles. The van der Waals surface area contributed by atoms with Crippen LogP contribution in [0.2, 0.25) is 0 Å². The van der Waals surface area contributed by atoms with Gasteiger partial charge in [-0.25, -0.2) is 4.39 Å². The number of ether oxygens (including phenoxy) is 1. The number of esters is 1. The third-order valence-corrected chi connectivity index (χ3v) is 4.73. The van der Waals surface area contributed by atoms with Gasteiger partial charge in [0.2, 0.25) is 0 Å². The van der Waals surface area contributed by atoms with Crippen molar-refractivity contribution in [3.63, 3.8) is 0 Å². The van der Waals surface area contributed by atoms with Crippen LogP contribution in [-0.2, 0) is 15.7 Å². The van der Waals surface area contributed by atoms with E-state index in [2.05, 4.69) is 0 Å². The van der Waals surface area contributed by atoms with Crippen LogP contribution in [0.3, 0.4) is 0 Å². The molecule has 0 spiro atoms. The Labute approximate surface area is 161 Å². The molecule has 2 N–H and O–H groups in total. The van der Waals surface area contributed by atoms with E-state index in [4.69, 9.17) is 10.5 Å². The van der Waals surface area contributed by atoms with E-state index in [1.807, 2.05) is 13.0 Å². The number of aryl methyl sites for hydroxylation is 2. The van der Waals surface area contributed by atoms with Crippen molar-refractivity contribution in [2.75, 3.05) is 6.61 Å². The van der Waals surface area contributed by atoms with E-state index in [0.29, 0.717) is 5.56 Å². The molecule has 7 heteroatoms. The number of hydrogen-bond acceptors (Lipinski definition) is 3. The van der Waals surface area contributed by atoms with E-state index >= 15 is 0 Å². The second-order valence-corrected chi connectivity index (χ2v) is 6.74. The minimum Gasteiger partial charge on any atom is -0.466 e. The Bertz CT molecular complexity index is 891. The van der Waals surface area contributed by atoms with Gasteiger partial charge in [-0.15, -0.1) is 0 Å². The molecule has 2 aromatic rings. The maximum atomic E-state index is 14.7. The summed E-state index contributed by atoms with van der Waals surface area (Å²) in [5.74, 6) is -2.16. The fraction of sp³-hybridized carbons (Fsp3) is 0.381. The molecule has 28 heavy (non-hydrogen) atoms. The van der Waals surface area contributed by atoms with Gasteiger partial charge in [-0.2, -0.15) is 13.2 Å². The lowest BCUT2D eigenvalue weighted by Crippen LogP contribution is -2.20. The van der Waals surface area contributed by atoms with Crippen molar-refractivity contribution in [2.45, 2.75) is 46.3 Å². The number of hydrogen-bond donors (Lipinski definition) is 1. The molecule has 0 saturated heterocycles. The second kappa shape index (κ2) is 8.31. The highest BCUT2D eigenvalue weighted by atomic mass is 19.4. The molecule has 0 bridgehead atoms. The van der Waals surface area contributed by atoms with Crippen molar-refractivity contribution in [3.05, 3.63) is 57.9 Å². The minimum absolute atomic E-state index is 0.101. The van der Waals surface area contributed by atoms with Gasteiger partial charge in [0.25, 0.3) is 0 Å². The molecule has 1 atom stereocenters. The number of carbonyl (C=O) groups excluding carboxylic acids is 1. The smallest absolute Gasteiger partial charge is 0.419 e. The molecule has 0 aliphatic heterocycles. The van der Waals surface area contributed by atoms with Gasteiger partial charge in [-0.05, 0) is 67.6 Å². The molecule has 0 aliphatic carbocycles. The van der Waals surface area contributed by atoms with Crippen molar-refractivity contribution in [2.24, 2.45) is 5.73 Å². The highest BCUT2D eigenvalue weighted by Crippen LogP contribution is 2.39. The van der Waals surface area contributed by atoms with E-state index in [9.17, 15) is 22.4 Å². The zero-order valence-electron chi connectivity index (χ0n) is 16.2. The Morgan fingerprint density at radius 3 is 2.32 bits per heavy atom.